The predicted octanol–water partition coefficient (Wildman–Crippen LogP) is 4.47. The summed E-state index contributed by atoms with van der Waals surface area (Å²) in [5, 5.41) is 0.538. The van der Waals surface area contributed by atoms with Gasteiger partial charge in [-0.1, -0.05) is 23.5 Å². The van der Waals surface area contributed by atoms with Crippen LogP contribution in [0, 0.1) is 11.7 Å². The number of thiazole rings is 1. The van der Waals surface area contributed by atoms with Gasteiger partial charge in [-0.25, -0.2) is 17.8 Å². The maximum atomic E-state index is 13.8. The van der Waals surface area contributed by atoms with Gasteiger partial charge < -0.3 is 4.74 Å². The molecule has 1 aliphatic heterocycles. The van der Waals surface area contributed by atoms with Crippen LogP contribution in [0.4, 0.5) is 9.52 Å². The number of halogens is 1. The summed E-state index contributed by atoms with van der Waals surface area (Å²) in [5.74, 6) is -0.368. The first kappa shape index (κ1) is 25.2. The molecule has 2 aromatic carbocycles. The SMILES string of the molecule is COc1cccc2sc(N(Cc3ccccn3)C(=O)C3CCN(S(=O)(=O)c4ccc(F)cc4)CC3)nc12. The van der Waals surface area contributed by atoms with Gasteiger partial charge in [-0.3, -0.25) is 14.7 Å². The Hall–Kier alpha value is -3.41. The smallest absolute Gasteiger partial charge is 0.243 e. The van der Waals surface area contributed by atoms with E-state index in [1.165, 1.54) is 27.8 Å². The summed E-state index contributed by atoms with van der Waals surface area (Å²) in [6.07, 6.45) is 2.41. The molecule has 0 spiro atoms. The first-order valence-corrected chi connectivity index (χ1v) is 14.0. The van der Waals surface area contributed by atoms with E-state index in [0.717, 1.165) is 22.5 Å². The second kappa shape index (κ2) is 10.5. The Balaban J connectivity index is 1.38. The molecule has 0 atom stereocenters. The Bertz CT molecular complexity index is 1500. The van der Waals surface area contributed by atoms with E-state index in [9.17, 15) is 17.6 Å². The molecular formula is C26H25FN4O4S2. The van der Waals surface area contributed by atoms with Crippen LogP contribution in [-0.4, -0.2) is 48.8 Å². The number of anilines is 1. The molecule has 11 heteroatoms. The van der Waals surface area contributed by atoms with Gasteiger partial charge in [0.15, 0.2) is 5.13 Å². The van der Waals surface area contributed by atoms with Crippen molar-refractivity contribution in [3.63, 3.8) is 0 Å². The first-order chi connectivity index (χ1) is 17.9. The number of fused-ring (bicyclic) bond motifs is 1. The highest BCUT2D eigenvalue weighted by atomic mass is 32.2. The highest BCUT2D eigenvalue weighted by molar-refractivity contribution is 7.89. The number of nitrogens with zero attached hydrogens (tertiary/aromatic N) is 4. The number of hydrogen-bond donors (Lipinski definition) is 0. The quantitative estimate of drug-likeness (QED) is 0.343. The number of piperidine rings is 1. The fourth-order valence-corrected chi connectivity index (χ4v) is 6.86. The molecule has 192 valence electrons. The van der Waals surface area contributed by atoms with Crippen LogP contribution in [-0.2, 0) is 21.4 Å². The minimum absolute atomic E-state index is 0.0406. The summed E-state index contributed by atoms with van der Waals surface area (Å²) in [7, 11) is -2.18. The van der Waals surface area contributed by atoms with Gasteiger partial charge in [0.05, 0.1) is 28.9 Å². The normalized spacial score (nSPS) is 15.1. The minimum atomic E-state index is -3.77. The van der Waals surface area contributed by atoms with Crippen LogP contribution in [0.3, 0.4) is 0 Å². The van der Waals surface area contributed by atoms with Crippen LogP contribution in [0.1, 0.15) is 18.5 Å². The van der Waals surface area contributed by atoms with Crippen molar-refractivity contribution in [2.75, 3.05) is 25.1 Å². The zero-order chi connectivity index (χ0) is 26.0. The average Bonchev–Trinajstić information content (AvgIpc) is 3.36. The van der Waals surface area contributed by atoms with Gasteiger partial charge in [-0.05, 0) is 61.4 Å². The second-order valence-electron chi connectivity index (χ2n) is 8.68. The Morgan fingerprint density at radius 3 is 2.54 bits per heavy atom. The molecule has 5 rings (SSSR count). The predicted molar refractivity (Wildman–Crippen MR) is 139 cm³/mol. The van der Waals surface area contributed by atoms with E-state index in [0.29, 0.717) is 29.2 Å². The summed E-state index contributed by atoms with van der Waals surface area (Å²) in [6, 6.07) is 16.0. The maximum absolute atomic E-state index is 13.8. The number of aromatic nitrogens is 2. The lowest BCUT2D eigenvalue weighted by atomic mass is 9.96. The third-order valence-corrected chi connectivity index (χ3v) is 9.34. The number of carbonyl (C=O) groups is 1. The summed E-state index contributed by atoms with van der Waals surface area (Å²) >= 11 is 1.40. The van der Waals surface area contributed by atoms with Crippen molar-refractivity contribution >= 4 is 42.6 Å². The number of carbonyl (C=O) groups excluding carboxylic acids is 1. The van der Waals surface area contributed by atoms with Gasteiger partial charge in [-0.15, -0.1) is 0 Å². The molecule has 1 amide bonds. The highest BCUT2D eigenvalue weighted by Gasteiger charge is 2.35. The Kier molecular flexibility index (Phi) is 7.18. The topological polar surface area (TPSA) is 92.7 Å². The molecule has 1 saturated heterocycles. The molecule has 1 fully saturated rings. The number of ether oxygens (including phenoxy) is 1. The van der Waals surface area contributed by atoms with Crippen LogP contribution < -0.4 is 9.64 Å². The lowest BCUT2D eigenvalue weighted by Gasteiger charge is -2.33. The zero-order valence-electron chi connectivity index (χ0n) is 20.1. The van der Waals surface area contributed by atoms with Gasteiger partial charge in [0.1, 0.15) is 17.1 Å². The number of rotatable bonds is 7. The number of methoxy groups -OCH3 is 1. The second-order valence-corrected chi connectivity index (χ2v) is 11.6. The number of amides is 1. The maximum Gasteiger partial charge on any atom is 0.243 e. The molecular weight excluding hydrogens is 515 g/mol. The van der Waals surface area contributed by atoms with Crippen molar-refractivity contribution in [3.05, 3.63) is 78.4 Å². The highest BCUT2D eigenvalue weighted by Crippen LogP contribution is 2.36. The summed E-state index contributed by atoms with van der Waals surface area (Å²) < 4.78 is 47.0. The van der Waals surface area contributed by atoms with Gasteiger partial charge in [0.25, 0.3) is 0 Å². The van der Waals surface area contributed by atoms with Crippen molar-refractivity contribution < 1.29 is 22.3 Å². The molecule has 0 N–H and O–H groups in total. The standard InChI is InChI=1S/C26H25FN4O4S2/c1-35-22-6-4-7-23-24(22)29-26(36-23)31(17-20-5-2-3-14-28-20)25(32)18-12-15-30(16-13-18)37(33,34)21-10-8-19(27)9-11-21/h2-11,14,18H,12-13,15-17H2,1H3. The minimum Gasteiger partial charge on any atom is -0.494 e. The van der Waals surface area contributed by atoms with E-state index in [-0.39, 0.29) is 36.4 Å². The lowest BCUT2D eigenvalue weighted by Crippen LogP contribution is -2.44. The number of benzene rings is 2. The van der Waals surface area contributed by atoms with E-state index in [1.54, 1.807) is 18.2 Å². The third kappa shape index (κ3) is 5.20. The van der Waals surface area contributed by atoms with Crippen LogP contribution >= 0.6 is 11.3 Å². The Labute approximate surface area is 218 Å². The van der Waals surface area contributed by atoms with E-state index in [2.05, 4.69) is 4.98 Å². The monoisotopic (exact) mass is 540 g/mol. The number of hydrogen-bond acceptors (Lipinski definition) is 7. The van der Waals surface area contributed by atoms with E-state index in [1.807, 2.05) is 36.4 Å². The average molecular weight is 541 g/mol. The largest absolute Gasteiger partial charge is 0.494 e. The van der Waals surface area contributed by atoms with E-state index >= 15 is 0 Å². The Morgan fingerprint density at radius 1 is 1.11 bits per heavy atom. The van der Waals surface area contributed by atoms with Gasteiger partial charge in [0, 0.05) is 25.2 Å². The molecule has 4 aromatic rings. The number of pyridine rings is 1. The fraction of sp³-hybridized carbons (Fsp3) is 0.269. The van der Waals surface area contributed by atoms with Crippen LogP contribution in [0.2, 0.25) is 0 Å². The molecule has 2 aromatic heterocycles. The van der Waals surface area contributed by atoms with Crippen LogP contribution in [0.5, 0.6) is 5.75 Å². The van der Waals surface area contributed by atoms with Crippen LogP contribution in [0.25, 0.3) is 10.2 Å². The van der Waals surface area contributed by atoms with Crippen molar-refractivity contribution in [3.8, 4) is 5.75 Å². The molecule has 0 bridgehead atoms. The lowest BCUT2D eigenvalue weighted by molar-refractivity contribution is -0.123. The molecule has 3 heterocycles. The van der Waals surface area contributed by atoms with Crippen molar-refractivity contribution in [1.29, 1.82) is 0 Å². The van der Waals surface area contributed by atoms with Crippen LogP contribution in [0.15, 0.2) is 71.8 Å². The summed E-state index contributed by atoms with van der Waals surface area (Å²) in [5.41, 5.74) is 1.41. The van der Waals surface area contributed by atoms with Gasteiger partial charge in [0.2, 0.25) is 15.9 Å². The van der Waals surface area contributed by atoms with E-state index < -0.39 is 15.8 Å². The molecule has 0 radical (unpaired) electrons. The van der Waals surface area contributed by atoms with E-state index in [4.69, 9.17) is 9.72 Å². The summed E-state index contributed by atoms with van der Waals surface area (Å²) in [4.78, 5) is 24.6. The van der Waals surface area contributed by atoms with Gasteiger partial charge in [-0.2, -0.15) is 4.31 Å². The van der Waals surface area contributed by atoms with Gasteiger partial charge >= 0.3 is 0 Å². The Morgan fingerprint density at radius 2 is 1.86 bits per heavy atom. The van der Waals surface area contributed by atoms with Crippen molar-refractivity contribution in [2.45, 2.75) is 24.3 Å². The molecule has 1 aliphatic rings. The van der Waals surface area contributed by atoms with Crippen molar-refractivity contribution in [2.24, 2.45) is 5.92 Å². The molecule has 0 aliphatic carbocycles. The molecule has 37 heavy (non-hydrogen) atoms. The third-order valence-electron chi connectivity index (χ3n) is 6.39. The fourth-order valence-electron chi connectivity index (χ4n) is 4.40. The number of sulfonamides is 1. The molecule has 0 unspecified atom stereocenters. The zero-order valence-corrected chi connectivity index (χ0v) is 21.7. The molecule has 8 nitrogen and oxygen atoms in total. The summed E-state index contributed by atoms with van der Waals surface area (Å²) in [6.45, 7) is 0.637. The van der Waals surface area contributed by atoms with Crippen molar-refractivity contribution in [1.82, 2.24) is 14.3 Å². The first-order valence-electron chi connectivity index (χ1n) is 11.8. The number of para-hydroxylation sites is 1. The molecule has 0 saturated carbocycles.